The molecule has 0 N–H and O–H groups in total. The van der Waals surface area contributed by atoms with Crippen molar-refractivity contribution in [2.75, 3.05) is 13.7 Å². The van der Waals surface area contributed by atoms with E-state index in [0.717, 1.165) is 6.42 Å². The molecule has 1 saturated heterocycles. The summed E-state index contributed by atoms with van der Waals surface area (Å²) in [7, 11) is 1.32. The summed E-state index contributed by atoms with van der Waals surface area (Å²) in [5.41, 5.74) is 0.979. The van der Waals surface area contributed by atoms with Crippen LogP contribution in [0.2, 0.25) is 0 Å². The zero-order chi connectivity index (χ0) is 11.4. The third-order valence-corrected chi connectivity index (χ3v) is 2.43. The molecule has 0 radical (unpaired) electrons. The molecule has 0 unspecified atom stereocenters. The van der Waals surface area contributed by atoms with Crippen molar-refractivity contribution in [2.45, 2.75) is 19.8 Å². The normalized spacial score (nSPS) is 17.5. The number of likely N-dealkylation sites (tertiary alicyclic amines) is 1. The highest BCUT2D eigenvalue weighted by molar-refractivity contribution is 5.91. The summed E-state index contributed by atoms with van der Waals surface area (Å²) < 4.78 is 4.61. The van der Waals surface area contributed by atoms with Crippen LogP contribution in [0, 0.1) is 0 Å². The van der Waals surface area contributed by atoms with E-state index in [4.69, 9.17) is 0 Å². The van der Waals surface area contributed by atoms with Gasteiger partial charge in [-0.1, -0.05) is 6.58 Å². The Hall–Kier alpha value is -1.58. The van der Waals surface area contributed by atoms with E-state index < -0.39 is 5.97 Å². The van der Waals surface area contributed by atoms with Crippen LogP contribution in [0.15, 0.2) is 23.9 Å². The molecule has 0 spiro atoms. The molecule has 0 aliphatic carbocycles. The van der Waals surface area contributed by atoms with Gasteiger partial charge in [-0.2, -0.15) is 0 Å². The summed E-state index contributed by atoms with van der Waals surface area (Å²) in [6.07, 6.45) is 2.88. The summed E-state index contributed by atoms with van der Waals surface area (Å²) in [4.78, 5) is 24.4. The molecule has 15 heavy (non-hydrogen) atoms. The Morgan fingerprint density at radius 3 is 2.67 bits per heavy atom. The van der Waals surface area contributed by atoms with Gasteiger partial charge in [-0.25, -0.2) is 4.79 Å². The number of allylic oxidation sites excluding steroid dienone is 1. The lowest BCUT2D eigenvalue weighted by atomic mass is 10.2. The number of nitrogens with zero attached hydrogens (tertiary/aromatic N) is 1. The third-order valence-electron chi connectivity index (χ3n) is 2.43. The summed E-state index contributed by atoms with van der Waals surface area (Å²) in [5.74, 6) is -0.391. The summed E-state index contributed by atoms with van der Waals surface area (Å²) in [5, 5.41) is 0. The van der Waals surface area contributed by atoms with Crippen molar-refractivity contribution in [1.29, 1.82) is 0 Å². The predicted molar refractivity (Wildman–Crippen MR) is 55.9 cm³/mol. The standard InChI is InChI=1S/C11H15NO3/c1-4-9(8(2)11(14)15-3)12-7-5-6-10(12)13/h4H,1,5-7H2,2-3H3. The van der Waals surface area contributed by atoms with E-state index in [-0.39, 0.29) is 5.91 Å². The minimum absolute atomic E-state index is 0.0353. The fourth-order valence-electron chi connectivity index (χ4n) is 1.63. The molecule has 4 heteroatoms. The Labute approximate surface area is 89.2 Å². The van der Waals surface area contributed by atoms with Gasteiger partial charge in [0, 0.05) is 13.0 Å². The average Bonchev–Trinajstić information content (AvgIpc) is 2.65. The van der Waals surface area contributed by atoms with Gasteiger partial charge in [0.2, 0.25) is 5.91 Å². The summed E-state index contributed by atoms with van der Waals surface area (Å²) >= 11 is 0. The fraction of sp³-hybridized carbons (Fsp3) is 0.455. The number of carbonyl (C=O) groups is 2. The molecule has 1 heterocycles. The first-order valence-electron chi connectivity index (χ1n) is 4.83. The number of hydrogen-bond donors (Lipinski definition) is 0. The van der Waals surface area contributed by atoms with E-state index in [2.05, 4.69) is 11.3 Å². The monoisotopic (exact) mass is 209 g/mol. The molecule has 1 aliphatic rings. The predicted octanol–water partition coefficient (Wildman–Crippen LogP) is 1.24. The highest BCUT2D eigenvalue weighted by Gasteiger charge is 2.25. The van der Waals surface area contributed by atoms with Crippen LogP contribution in [-0.4, -0.2) is 30.4 Å². The molecule has 82 valence electrons. The topological polar surface area (TPSA) is 46.6 Å². The molecule has 1 rings (SSSR count). The molecule has 0 aromatic carbocycles. The van der Waals surface area contributed by atoms with Gasteiger partial charge < -0.3 is 9.64 Å². The van der Waals surface area contributed by atoms with Crippen molar-refractivity contribution < 1.29 is 14.3 Å². The van der Waals surface area contributed by atoms with E-state index in [1.165, 1.54) is 13.2 Å². The molecule has 0 saturated carbocycles. The van der Waals surface area contributed by atoms with Crippen LogP contribution in [0.25, 0.3) is 0 Å². The quantitative estimate of drug-likeness (QED) is 0.399. The number of esters is 1. The highest BCUT2D eigenvalue weighted by Crippen LogP contribution is 2.20. The van der Waals surface area contributed by atoms with E-state index in [9.17, 15) is 9.59 Å². The Kier molecular flexibility index (Phi) is 3.66. The maximum Gasteiger partial charge on any atom is 0.335 e. The van der Waals surface area contributed by atoms with Crippen LogP contribution in [0.5, 0.6) is 0 Å². The van der Waals surface area contributed by atoms with Crippen molar-refractivity contribution in [2.24, 2.45) is 0 Å². The van der Waals surface area contributed by atoms with E-state index >= 15 is 0 Å². The van der Waals surface area contributed by atoms with Gasteiger partial charge in [-0.05, 0) is 19.4 Å². The molecule has 0 atom stereocenters. The van der Waals surface area contributed by atoms with Gasteiger partial charge in [0.25, 0.3) is 0 Å². The maximum atomic E-state index is 11.5. The van der Waals surface area contributed by atoms with Crippen molar-refractivity contribution in [1.82, 2.24) is 4.90 Å². The van der Waals surface area contributed by atoms with Gasteiger partial charge in [0.05, 0.1) is 18.4 Å². The van der Waals surface area contributed by atoms with Gasteiger partial charge in [-0.15, -0.1) is 0 Å². The molecule has 0 aromatic rings. The number of amides is 1. The molecule has 1 aliphatic heterocycles. The lowest BCUT2D eigenvalue weighted by molar-refractivity contribution is -0.136. The van der Waals surface area contributed by atoms with Crippen LogP contribution in [-0.2, 0) is 14.3 Å². The van der Waals surface area contributed by atoms with E-state index in [1.54, 1.807) is 11.8 Å². The van der Waals surface area contributed by atoms with Crippen LogP contribution >= 0.6 is 0 Å². The van der Waals surface area contributed by atoms with E-state index in [0.29, 0.717) is 24.2 Å². The number of carbonyl (C=O) groups excluding carboxylic acids is 2. The van der Waals surface area contributed by atoms with Crippen molar-refractivity contribution in [3.63, 3.8) is 0 Å². The largest absolute Gasteiger partial charge is 0.466 e. The van der Waals surface area contributed by atoms with Gasteiger partial charge >= 0.3 is 5.97 Å². The molecule has 0 bridgehead atoms. The van der Waals surface area contributed by atoms with Gasteiger partial charge in [0.1, 0.15) is 0 Å². The molecule has 0 aromatic heterocycles. The van der Waals surface area contributed by atoms with Crippen molar-refractivity contribution >= 4 is 11.9 Å². The van der Waals surface area contributed by atoms with Crippen LogP contribution in [0.3, 0.4) is 0 Å². The SMILES string of the molecule is C=CC(=C(C)C(=O)OC)N1CCCC1=O. The molecular weight excluding hydrogens is 194 g/mol. The first-order chi connectivity index (χ1) is 7.11. The second-order valence-corrected chi connectivity index (χ2v) is 3.35. The van der Waals surface area contributed by atoms with Crippen LogP contribution < -0.4 is 0 Å². The minimum atomic E-state index is -0.426. The van der Waals surface area contributed by atoms with Crippen LogP contribution in [0.4, 0.5) is 0 Å². The first kappa shape index (κ1) is 11.5. The lowest BCUT2D eigenvalue weighted by Crippen LogP contribution is -2.25. The molecule has 4 nitrogen and oxygen atoms in total. The number of hydrogen-bond acceptors (Lipinski definition) is 3. The first-order valence-corrected chi connectivity index (χ1v) is 4.83. The second-order valence-electron chi connectivity index (χ2n) is 3.35. The second kappa shape index (κ2) is 4.77. The number of rotatable bonds is 3. The molecular formula is C11H15NO3. The Morgan fingerprint density at radius 2 is 2.27 bits per heavy atom. The smallest absolute Gasteiger partial charge is 0.335 e. The lowest BCUT2D eigenvalue weighted by Gasteiger charge is -2.18. The average molecular weight is 209 g/mol. The van der Waals surface area contributed by atoms with E-state index in [1.807, 2.05) is 0 Å². The summed E-state index contributed by atoms with van der Waals surface area (Å²) in [6.45, 7) is 5.90. The number of ether oxygens (including phenoxy) is 1. The van der Waals surface area contributed by atoms with Crippen LogP contribution in [0.1, 0.15) is 19.8 Å². The Bertz CT molecular complexity index is 331. The van der Waals surface area contributed by atoms with Crippen molar-refractivity contribution in [3.05, 3.63) is 23.9 Å². The third kappa shape index (κ3) is 2.26. The minimum Gasteiger partial charge on any atom is -0.466 e. The Morgan fingerprint density at radius 1 is 1.60 bits per heavy atom. The Balaban J connectivity index is 3.00. The van der Waals surface area contributed by atoms with Crippen molar-refractivity contribution in [3.8, 4) is 0 Å². The van der Waals surface area contributed by atoms with Gasteiger partial charge in [-0.3, -0.25) is 4.79 Å². The zero-order valence-electron chi connectivity index (χ0n) is 9.08. The molecule has 1 fully saturated rings. The highest BCUT2D eigenvalue weighted by atomic mass is 16.5. The maximum absolute atomic E-state index is 11.5. The molecule has 1 amide bonds. The zero-order valence-corrected chi connectivity index (χ0v) is 9.08. The fourth-order valence-corrected chi connectivity index (χ4v) is 1.63. The van der Waals surface area contributed by atoms with Gasteiger partial charge in [0.15, 0.2) is 0 Å². The summed E-state index contributed by atoms with van der Waals surface area (Å²) in [6, 6.07) is 0. The number of methoxy groups -OCH3 is 1.